The second-order valence-corrected chi connectivity index (χ2v) is 7.95. The Morgan fingerprint density at radius 2 is 1.61 bits per heavy atom. The second kappa shape index (κ2) is 9.25. The molecule has 1 atom stereocenters. The lowest BCUT2D eigenvalue weighted by atomic mass is 9.89. The van der Waals surface area contributed by atoms with Crippen molar-refractivity contribution in [2.24, 2.45) is 0 Å². The molecule has 0 spiro atoms. The standard InChI is InChI=1S/C27H30N2O2/c1-3-19-29-26(30)24-12-8-9-13-25(24)28-27(29,4-2)22-14-16-23(17-15-22)31-20-18-21-10-6-5-7-11-21/h5-17,28H,3-4,18-20H2,1-2H3. The molecule has 3 aromatic rings. The van der Waals surface area contributed by atoms with Crippen molar-refractivity contribution in [3.05, 3.63) is 95.6 Å². The highest BCUT2D eigenvalue weighted by molar-refractivity contribution is 6.02. The zero-order chi connectivity index (χ0) is 21.7. The summed E-state index contributed by atoms with van der Waals surface area (Å²) >= 11 is 0. The van der Waals surface area contributed by atoms with Gasteiger partial charge in [0, 0.05) is 18.7 Å². The van der Waals surface area contributed by atoms with Crippen LogP contribution in [-0.4, -0.2) is 24.0 Å². The molecule has 0 radical (unpaired) electrons. The van der Waals surface area contributed by atoms with Crippen LogP contribution in [0, 0.1) is 0 Å². The van der Waals surface area contributed by atoms with Crippen LogP contribution in [0.5, 0.6) is 5.75 Å². The lowest BCUT2D eigenvalue weighted by molar-refractivity contribution is 0.0483. The van der Waals surface area contributed by atoms with Gasteiger partial charge in [0.25, 0.3) is 5.91 Å². The largest absolute Gasteiger partial charge is 0.493 e. The number of carbonyl (C=O) groups excluding carboxylic acids is 1. The van der Waals surface area contributed by atoms with Crippen LogP contribution in [0.4, 0.5) is 5.69 Å². The minimum Gasteiger partial charge on any atom is -0.493 e. The minimum atomic E-state index is -0.565. The van der Waals surface area contributed by atoms with Crippen molar-refractivity contribution >= 4 is 11.6 Å². The first-order chi connectivity index (χ1) is 15.2. The Hall–Kier alpha value is -3.27. The maximum Gasteiger partial charge on any atom is 0.258 e. The number of rotatable bonds is 8. The molecule has 160 valence electrons. The maximum absolute atomic E-state index is 13.4. The topological polar surface area (TPSA) is 41.6 Å². The number of carbonyl (C=O) groups is 1. The summed E-state index contributed by atoms with van der Waals surface area (Å²) in [6, 6.07) is 26.3. The maximum atomic E-state index is 13.4. The minimum absolute atomic E-state index is 0.0845. The molecule has 0 aromatic heterocycles. The molecule has 0 saturated heterocycles. The van der Waals surface area contributed by atoms with Gasteiger partial charge in [-0.05, 0) is 48.2 Å². The van der Waals surface area contributed by atoms with Crippen LogP contribution in [-0.2, 0) is 12.1 Å². The molecular formula is C27H30N2O2. The molecule has 0 bridgehead atoms. The van der Waals surface area contributed by atoms with E-state index in [9.17, 15) is 4.79 Å². The Morgan fingerprint density at radius 1 is 0.903 bits per heavy atom. The van der Waals surface area contributed by atoms with Gasteiger partial charge in [-0.15, -0.1) is 0 Å². The zero-order valence-corrected chi connectivity index (χ0v) is 18.3. The lowest BCUT2D eigenvalue weighted by Crippen LogP contribution is -2.57. The first-order valence-electron chi connectivity index (χ1n) is 11.1. The van der Waals surface area contributed by atoms with Gasteiger partial charge in [-0.25, -0.2) is 0 Å². The van der Waals surface area contributed by atoms with Gasteiger partial charge in [0.15, 0.2) is 0 Å². The molecule has 4 rings (SSSR count). The first kappa shape index (κ1) is 21.0. The Labute approximate surface area is 184 Å². The molecule has 1 aliphatic heterocycles. The molecule has 0 fully saturated rings. The van der Waals surface area contributed by atoms with Crippen molar-refractivity contribution in [2.45, 2.75) is 38.8 Å². The zero-order valence-electron chi connectivity index (χ0n) is 18.3. The third kappa shape index (κ3) is 4.15. The summed E-state index contributed by atoms with van der Waals surface area (Å²) in [4.78, 5) is 15.3. The molecule has 1 unspecified atom stereocenters. The average molecular weight is 415 g/mol. The number of hydrogen-bond acceptors (Lipinski definition) is 3. The summed E-state index contributed by atoms with van der Waals surface area (Å²) < 4.78 is 5.97. The first-order valence-corrected chi connectivity index (χ1v) is 11.1. The van der Waals surface area contributed by atoms with E-state index in [1.54, 1.807) is 0 Å². The van der Waals surface area contributed by atoms with Gasteiger partial charge in [-0.3, -0.25) is 4.79 Å². The predicted molar refractivity (Wildman–Crippen MR) is 125 cm³/mol. The van der Waals surface area contributed by atoms with Gasteiger partial charge >= 0.3 is 0 Å². The Bertz CT molecular complexity index is 1020. The predicted octanol–water partition coefficient (Wildman–Crippen LogP) is 5.85. The SMILES string of the molecule is CCCN1C(=O)c2ccccc2NC1(CC)c1ccc(OCCc2ccccc2)cc1. The van der Waals surface area contributed by atoms with Gasteiger partial charge in [-0.2, -0.15) is 0 Å². The monoisotopic (exact) mass is 414 g/mol. The normalized spacial score (nSPS) is 17.7. The Balaban J connectivity index is 1.56. The molecule has 3 aromatic carbocycles. The van der Waals surface area contributed by atoms with E-state index in [-0.39, 0.29) is 5.91 Å². The van der Waals surface area contributed by atoms with Gasteiger partial charge < -0.3 is 15.0 Å². The fourth-order valence-corrected chi connectivity index (χ4v) is 4.37. The molecule has 1 heterocycles. The van der Waals surface area contributed by atoms with Crippen LogP contribution in [0.15, 0.2) is 78.9 Å². The summed E-state index contributed by atoms with van der Waals surface area (Å²) in [6.07, 6.45) is 2.54. The Kier molecular flexibility index (Phi) is 6.26. The van der Waals surface area contributed by atoms with Gasteiger partial charge in [-0.1, -0.05) is 68.4 Å². The average Bonchev–Trinajstić information content (AvgIpc) is 2.82. The number of para-hydroxylation sites is 1. The summed E-state index contributed by atoms with van der Waals surface area (Å²) in [7, 11) is 0. The lowest BCUT2D eigenvalue weighted by Gasteiger charge is -2.48. The molecule has 0 aliphatic carbocycles. The summed E-state index contributed by atoms with van der Waals surface area (Å²) in [6.45, 7) is 5.57. The highest BCUT2D eigenvalue weighted by Crippen LogP contribution is 2.40. The van der Waals surface area contributed by atoms with E-state index in [2.05, 4.69) is 43.4 Å². The molecule has 1 N–H and O–H groups in total. The second-order valence-electron chi connectivity index (χ2n) is 7.95. The van der Waals surface area contributed by atoms with E-state index in [4.69, 9.17) is 4.74 Å². The third-order valence-corrected chi connectivity index (χ3v) is 6.00. The number of hydrogen-bond donors (Lipinski definition) is 1. The van der Waals surface area contributed by atoms with Gasteiger partial charge in [0.05, 0.1) is 12.2 Å². The number of nitrogens with zero attached hydrogens (tertiary/aromatic N) is 1. The van der Waals surface area contributed by atoms with Crippen molar-refractivity contribution in [3.8, 4) is 5.75 Å². The quantitative estimate of drug-likeness (QED) is 0.503. The van der Waals surface area contributed by atoms with Crippen molar-refractivity contribution in [3.63, 3.8) is 0 Å². The summed E-state index contributed by atoms with van der Waals surface area (Å²) in [5.41, 5.74) is 3.40. The number of amides is 1. The third-order valence-electron chi connectivity index (χ3n) is 6.00. The number of benzene rings is 3. The van der Waals surface area contributed by atoms with E-state index >= 15 is 0 Å². The number of nitrogens with one attached hydrogen (secondary N) is 1. The van der Waals surface area contributed by atoms with Crippen LogP contribution in [0.3, 0.4) is 0 Å². The number of anilines is 1. The fourth-order valence-electron chi connectivity index (χ4n) is 4.37. The van der Waals surface area contributed by atoms with Crippen LogP contribution in [0.25, 0.3) is 0 Å². The van der Waals surface area contributed by atoms with Crippen LogP contribution in [0.1, 0.15) is 48.2 Å². The van der Waals surface area contributed by atoms with E-state index < -0.39 is 5.66 Å². The highest BCUT2D eigenvalue weighted by atomic mass is 16.5. The number of ether oxygens (including phenoxy) is 1. The van der Waals surface area contributed by atoms with E-state index in [0.717, 1.165) is 41.8 Å². The van der Waals surface area contributed by atoms with Crippen molar-refractivity contribution < 1.29 is 9.53 Å². The van der Waals surface area contributed by atoms with E-state index in [0.29, 0.717) is 13.2 Å². The highest BCUT2D eigenvalue weighted by Gasteiger charge is 2.44. The van der Waals surface area contributed by atoms with Crippen LogP contribution >= 0.6 is 0 Å². The molecule has 1 amide bonds. The molecule has 31 heavy (non-hydrogen) atoms. The van der Waals surface area contributed by atoms with E-state index in [1.165, 1.54) is 5.56 Å². The smallest absolute Gasteiger partial charge is 0.258 e. The van der Waals surface area contributed by atoms with Gasteiger partial charge in [0.2, 0.25) is 0 Å². The fraction of sp³-hybridized carbons (Fsp3) is 0.296. The van der Waals surface area contributed by atoms with Gasteiger partial charge in [0.1, 0.15) is 11.4 Å². The number of fused-ring (bicyclic) bond motifs is 1. The summed E-state index contributed by atoms with van der Waals surface area (Å²) in [5.74, 6) is 0.928. The van der Waals surface area contributed by atoms with E-state index in [1.807, 2.05) is 59.5 Å². The van der Waals surface area contributed by atoms with Crippen molar-refractivity contribution in [1.29, 1.82) is 0 Å². The van der Waals surface area contributed by atoms with Crippen LogP contribution < -0.4 is 10.1 Å². The molecule has 4 heteroatoms. The van der Waals surface area contributed by atoms with Crippen LogP contribution in [0.2, 0.25) is 0 Å². The summed E-state index contributed by atoms with van der Waals surface area (Å²) in [5, 5.41) is 3.69. The molecule has 1 aliphatic rings. The Morgan fingerprint density at radius 3 is 2.32 bits per heavy atom. The molecule has 0 saturated carbocycles. The molecular weight excluding hydrogens is 384 g/mol. The molecule has 4 nitrogen and oxygen atoms in total. The van der Waals surface area contributed by atoms with Crippen molar-refractivity contribution in [1.82, 2.24) is 4.90 Å². The van der Waals surface area contributed by atoms with Crippen molar-refractivity contribution in [2.75, 3.05) is 18.5 Å².